The molecule has 6 rings (SSSR count). The van der Waals surface area contributed by atoms with Gasteiger partial charge in [-0.05, 0) is 75.9 Å². The highest BCUT2D eigenvalue weighted by atomic mass is 15.2. The van der Waals surface area contributed by atoms with Crippen LogP contribution in [0, 0.1) is 5.92 Å². The van der Waals surface area contributed by atoms with E-state index in [1.807, 2.05) is 6.33 Å². The molecule has 2 aromatic heterocycles. The number of anilines is 2. The van der Waals surface area contributed by atoms with Crippen molar-refractivity contribution in [3.8, 4) is 0 Å². The molecule has 1 aliphatic heterocycles. The van der Waals surface area contributed by atoms with E-state index >= 15 is 0 Å². The Morgan fingerprint density at radius 1 is 0.892 bits per heavy atom. The number of fused-ring (bicyclic) bond motifs is 1. The molecule has 3 aliphatic rings. The van der Waals surface area contributed by atoms with Gasteiger partial charge in [-0.3, -0.25) is 4.90 Å². The van der Waals surface area contributed by atoms with E-state index in [4.69, 9.17) is 20.7 Å². The normalized spacial score (nSPS) is 24.0. The minimum atomic E-state index is 0.335. The van der Waals surface area contributed by atoms with Crippen molar-refractivity contribution in [3.63, 3.8) is 0 Å². The van der Waals surface area contributed by atoms with Crippen molar-refractivity contribution >= 4 is 22.9 Å². The fourth-order valence-corrected chi connectivity index (χ4v) is 6.43. The Morgan fingerprint density at radius 3 is 2.41 bits per heavy atom. The summed E-state index contributed by atoms with van der Waals surface area (Å²) in [6.45, 7) is 4.27. The number of benzene rings is 1. The van der Waals surface area contributed by atoms with E-state index in [9.17, 15) is 0 Å². The van der Waals surface area contributed by atoms with Crippen molar-refractivity contribution in [2.24, 2.45) is 11.7 Å². The Morgan fingerprint density at radius 2 is 1.65 bits per heavy atom. The zero-order chi connectivity index (χ0) is 25.0. The molecule has 2 aliphatic carbocycles. The maximum Gasteiger partial charge on any atom is 0.227 e. The van der Waals surface area contributed by atoms with E-state index in [1.165, 1.54) is 44.1 Å². The van der Waals surface area contributed by atoms with Crippen LogP contribution in [0.4, 0.5) is 11.8 Å². The van der Waals surface area contributed by atoms with Gasteiger partial charge in [-0.15, -0.1) is 0 Å². The second-order valence-electron chi connectivity index (χ2n) is 11.5. The van der Waals surface area contributed by atoms with Gasteiger partial charge in [0.15, 0.2) is 17.0 Å². The summed E-state index contributed by atoms with van der Waals surface area (Å²) in [5.41, 5.74) is 9.42. The summed E-state index contributed by atoms with van der Waals surface area (Å²) in [6.07, 6.45) is 13.7. The van der Waals surface area contributed by atoms with E-state index in [2.05, 4.69) is 50.4 Å². The van der Waals surface area contributed by atoms with Crippen molar-refractivity contribution in [3.05, 3.63) is 42.2 Å². The lowest BCUT2D eigenvalue weighted by molar-refractivity contribution is 0.182. The van der Waals surface area contributed by atoms with Gasteiger partial charge in [0.1, 0.15) is 0 Å². The minimum absolute atomic E-state index is 0.335. The van der Waals surface area contributed by atoms with Crippen LogP contribution >= 0.6 is 0 Å². The lowest BCUT2D eigenvalue weighted by Crippen LogP contribution is -2.35. The van der Waals surface area contributed by atoms with Crippen LogP contribution in [0.25, 0.3) is 11.2 Å². The van der Waals surface area contributed by atoms with Gasteiger partial charge in [0, 0.05) is 31.2 Å². The maximum atomic E-state index is 6.14. The fraction of sp³-hybridized carbons (Fsp3) is 0.621. The maximum absolute atomic E-state index is 6.14. The van der Waals surface area contributed by atoms with Crippen LogP contribution in [-0.2, 0) is 6.54 Å². The van der Waals surface area contributed by atoms with Gasteiger partial charge in [0.05, 0.1) is 6.33 Å². The number of hydrogen-bond donors (Lipinski definition) is 3. The van der Waals surface area contributed by atoms with E-state index in [0.29, 0.717) is 24.0 Å². The SMILES string of the molecule is NC1CCC(Nc2nc(NCC3CCN(Cc4ccccc4)CC3)c3ncn(C4CCCC4)c3n2)CC1. The number of nitrogens with one attached hydrogen (secondary N) is 2. The average Bonchev–Trinajstić information content (AvgIpc) is 3.60. The molecule has 0 bridgehead atoms. The van der Waals surface area contributed by atoms with Crippen LogP contribution in [0.5, 0.6) is 0 Å². The van der Waals surface area contributed by atoms with Crippen LogP contribution in [0.3, 0.4) is 0 Å². The molecule has 3 heterocycles. The molecule has 1 aromatic carbocycles. The van der Waals surface area contributed by atoms with E-state index in [-0.39, 0.29) is 0 Å². The van der Waals surface area contributed by atoms with E-state index in [0.717, 1.165) is 74.8 Å². The Kier molecular flexibility index (Phi) is 7.55. The molecule has 0 spiro atoms. The first-order valence-corrected chi connectivity index (χ1v) is 14.5. The predicted octanol–water partition coefficient (Wildman–Crippen LogP) is 4.95. The molecular formula is C29H42N8. The summed E-state index contributed by atoms with van der Waals surface area (Å²) in [4.78, 5) is 17.3. The molecule has 0 radical (unpaired) electrons. The third kappa shape index (κ3) is 5.91. The molecule has 0 unspecified atom stereocenters. The Balaban J connectivity index is 1.14. The summed E-state index contributed by atoms with van der Waals surface area (Å²) in [6, 6.07) is 12.0. The number of likely N-dealkylation sites (tertiary alicyclic amines) is 1. The second-order valence-corrected chi connectivity index (χ2v) is 11.5. The van der Waals surface area contributed by atoms with Gasteiger partial charge in [0.2, 0.25) is 5.95 Å². The summed E-state index contributed by atoms with van der Waals surface area (Å²) in [7, 11) is 0. The first kappa shape index (κ1) is 24.6. The van der Waals surface area contributed by atoms with Gasteiger partial charge < -0.3 is 20.9 Å². The van der Waals surface area contributed by atoms with Gasteiger partial charge in [0.25, 0.3) is 0 Å². The van der Waals surface area contributed by atoms with Crippen molar-refractivity contribution in [2.45, 2.75) is 88.9 Å². The summed E-state index contributed by atoms with van der Waals surface area (Å²) < 4.78 is 2.30. The highest BCUT2D eigenvalue weighted by Gasteiger charge is 2.25. The number of nitrogens with zero attached hydrogens (tertiary/aromatic N) is 5. The van der Waals surface area contributed by atoms with Gasteiger partial charge in [-0.1, -0.05) is 43.2 Å². The molecule has 3 aromatic rings. The summed E-state index contributed by atoms with van der Waals surface area (Å²) in [5, 5.41) is 7.35. The second kappa shape index (κ2) is 11.4. The van der Waals surface area contributed by atoms with Crippen LogP contribution < -0.4 is 16.4 Å². The molecule has 0 amide bonds. The van der Waals surface area contributed by atoms with E-state index < -0.39 is 0 Å². The van der Waals surface area contributed by atoms with Crippen LogP contribution in [0.2, 0.25) is 0 Å². The highest BCUT2D eigenvalue weighted by Crippen LogP contribution is 2.33. The van der Waals surface area contributed by atoms with Crippen LogP contribution in [0.1, 0.15) is 75.8 Å². The number of nitrogens with two attached hydrogens (primary N) is 1. The predicted molar refractivity (Wildman–Crippen MR) is 150 cm³/mol. The molecule has 4 N–H and O–H groups in total. The third-order valence-corrected chi connectivity index (χ3v) is 8.76. The third-order valence-electron chi connectivity index (χ3n) is 8.76. The lowest BCUT2D eigenvalue weighted by atomic mass is 9.92. The number of rotatable bonds is 8. The van der Waals surface area contributed by atoms with Crippen LogP contribution in [0.15, 0.2) is 36.7 Å². The first-order chi connectivity index (χ1) is 18.2. The number of hydrogen-bond acceptors (Lipinski definition) is 7. The molecule has 1 saturated heterocycles. The Labute approximate surface area is 220 Å². The quantitative estimate of drug-likeness (QED) is 0.401. The number of aromatic nitrogens is 4. The van der Waals surface area contributed by atoms with Gasteiger partial charge in [-0.2, -0.15) is 9.97 Å². The van der Waals surface area contributed by atoms with Crippen LogP contribution in [-0.4, -0.2) is 56.1 Å². The standard InChI is InChI=1S/C29H42N8/c30-23-10-12-24(13-11-23)33-29-34-27(26-28(35-29)37(20-32-26)25-8-4-5-9-25)31-18-21-14-16-36(17-15-21)19-22-6-2-1-3-7-22/h1-3,6-7,20-21,23-25H,4-5,8-19,30H2,(H2,31,33,34,35). The lowest BCUT2D eigenvalue weighted by Gasteiger charge is -2.32. The zero-order valence-electron chi connectivity index (χ0n) is 22.0. The molecule has 8 heteroatoms. The van der Waals surface area contributed by atoms with Crippen molar-refractivity contribution in [2.75, 3.05) is 30.3 Å². The van der Waals surface area contributed by atoms with Gasteiger partial charge in [-0.25, -0.2) is 4.98 Å². The number of piperidine rings is 1. The smallest absolute Gasteiger partial charge is 0.227 e. The Hall–Kier alpha value is -2.71. The zero-order valence-corrected chi connectivity index (χ0v) is 22.0. The summed E-state index contributed by atoms with van der Waals surface area (Å²) in [5.74, 6) is 2.25. The fourth-order valence-electron chi connectivity index (χ4n) is 6.43. The highest BCUT2D eigenvalue weighted by molar-refractivity contribution is 5.84. The topological polar surface area (TPSA) is 96.9 Å². The van der Waals surface area contributed by atoms with Crippen molar-refractivity contribution in [1.29, 1.82) is 0 Å². The largest absolute Gasteiger partial charge is 0.368 e. The first-order valence-electron chi connectivity index (χ1n) is 14.5. The average molecular weight is 503 g/mol. The molecule has 198 valence electrons. The van der Waals surface area contributed by atoms with Crippen molar-refractivity contribution in [1.82, 2.24) is 24.4 Å². The van der Waals surface area contributed by atoms with E-state index in [1.54, 1.807) is 0 Å². The summed E-state index contributed by atoms with van der Waals surface area (Å²) >= 11 is 0. The molecule has 0 atom stereocenters. The molecular weight excluding hydrogens is 460 g/mol. The van der Waals surface area contributed by atoms with Crippen molar-refractivity contribution < 1.29 is 0 Å². The number of imidazole rings is 1. The molecule has 8 nitrogen and oxygen atoms in total. The van der Waals surface area contributed by atoms with Gasteiger partial charge >= 0.3 is 0 Å². The Bertz CT molecular complexity index is 1140. The monoisotopic (exact) mass is 502 g/mol. The molecule has 37 heavy (non-hydrogen) atoms. The minimum Gasteiger partial charge on any atom is -0.368 e. The molecule has 2 saturated carbocycles. The molecule has 3 fully saturated rings.